The number of hydrogen-bond acceptors (Lipinski definition) is 4. The zero-order valence-electron chi connectivity index (χ0n) is 17.5. The molecule has 0 bridgehead atoms. The van der Waals surface area contributed by atoms with Gasteiger partial charge in [-0.15, -0.1) is 0 Å². The van der Waals surface area contributed by atoms with Crippen molar-refractivity contribution in [2.24, 2.45) is 0 Å². The minimum atomic E-state index is -1.06. The summed E-state index contributed by atoms with van der Waals surface area (Å²) in [7, 11) is 1.62. The van der Waals surface area contributed by atoms with Gasteiger partial charge in [0.2, 0.25) is 5.91 Å². The van der Waals surface area contributed by atoms with Gasteiger partial charge in [0.25, 0.3) is 5.91 Å². The van der Waals surface area contributed by atoms with E-state index >= 15 is 0 Å². The van der Waals surface area contributed by atoms with Crippen LogP contribution in [0.25, 0.3) is 0 Å². The van der Waals surface area contributed by atoms with Gasteiger partial charge in [-0.05, 0) is 67.0 Å². The van der Waals surface area contributed by atoms with Crippen molar-refractivity contribution >= 4 is 23.5 Å². The Morgan fingerprint density at radius 2 is 1.90 bits per heavy atom. The first-order valence-electron chi connectivity index (χ1n) is 10.7. The Balaban J connectivity index is 1.40. The molecule has 2 heterocycles. The lowest BCUT2D eigenvalue weighted by atomic mass is 9.76. The van der Waals surface area contributed by atoms with Gasteiger partial charge in [-0.3, -0.25) is 14.5 Å². The molecule has 1 atom stereocenters. The van der Waals surface area contributed by atoms with Gasteiger partial charge in [-0.2, -0.15) is 0 Å². The fraction of sp³-hybridized carbons (Fsp3) is 0.375. The molecule has 3 aliphatic rings. The van der Waals surface area contributed by atoms with E-state index in [1.165, 1.54) is 0 Å². The van der Waals surface area contributed by atoms with E-state index in [1.54, 1.807) is 12.0 Å². The van der Waals surface area contributed by atoms with Gasteiger partial charge >= 0.3 is 6.03 Å². The number of fused-ring (bicyclic) bond motifs is 3. The van der Waals surface area contributed by atoms with Crippen LogP contribution in [-0.2, 0) is 28.0 Å². The van der Waals surface area contributed by atoms with Crippen molar-refractivity contribution < 1.29 is 19.1 Å². The number of anilines is 1. The second-order valence-corrected chi connectivity index (χ2v) is 8.38. The lowest BCUT2D eigenvalue weighted by molar-refractivity contribution is -0.135. The maximum Gasteiger partial charge on any atom is 0.325 e. The van der Waals surface area contributed by atoms with E-state index in [0.29, 0.717) is 13.0 Å². The Morgan fingerprint density at radius 1 is 1.10 bits per heavy atom. The fourth-order valence-corrected chi connectivity index (χ4v) is 5.14. The van der Waals surface area contributed by atoms with E-state index < -0.39 is 11.6 Å². The number of imide groups is 1. The van der Waals surface area contributed by atoms with Crippen molar-refractivity contribution in [3.05, 3.63) is 59.2 Å². The van der Waals surface area contributed by atoms with E-state index in [2.05, 4.69) is 5.32 Å². The third-order valence-electron chi connectivity index (χ3n) is 6.65. The predicted molar refractivity (Wildman–Crippen MR) is 115 cm³/mol. The third kappa shape index (κ3) is 3.07. The number of ether oxygens (including phenoxy) is 1. The van der Waals surface area contributed by atoms with Crippen LogP contribution in [-0.4, -0.2) is 42.9 Å². The first kappa shape index (κ1) is 19.6. The Kier molecular flexibility index (Phi) is 4.68. The third-order valence-corrected chi connectivity index (χ3v) is 6.65. The van der Waals surface area contributed by atoms with Crippen LogP contribution in [0.5, 0.6) is 5.75 Å². The Morgan fingerprint density at radius 3 is 2.74 bits per heavy atom. The van der Waals surface area contributed by atoms with Crippen LogP contribution in [0.2, 0.25) is 0 Å². The molecule has 7 nitrogen and oxygen atoms in total. The van der Waals surface area contributed by atoms with Crippen molar-refractivity contribution in [2.45, 2.75) is 37.6 Å². The summed E-state index contributed by atoms with van der Waals surface area (Å²) in [6.07, 6.45) is 3.93. The van der Waals surface area contributed by atoms with Crippen molar-refractivity contribution in [2.75, 3.05) is 25.1 Å². The van der Waals surface area contributed by atoms with Crippen molar-refractivity contribution in [1.82, 2.24) is 10.2 Å². The molecule has 1 spiro atoms. The van der Waals surface area contributed by atoms with Crippen LogP contribution in [0.3, 0.4) is 0 Å². The molecule has 31 heavy (non-hydrogen) atoms. The normalized spacial score (nSPS) is 22.2. The number of nitrogens with one attached hydrogen (secondary N) is 1. The number of aryl methyl sites for hydroxylation is 2. The van der Waals surface area contributed by atoms with Crippen LogP contribution in [0.4, 0.5) is 10.5 Å². The molecular weight excluding hydrogens is 394 g/mol. The van der Waals surface area contributed by atoms with Gasteiger partial charge in [-0.1, -0.05) is 24.3 Å². The number of hydrogen-bond donors (Lipinski definition) is 1. The minimum absolute atomic E-state index is 0.254. The number of methoxy groups -OCH3 is 1. The lowest BCUT2D eigenvalue weighted by Crippen LogP contribution is -2.48. The van der Waals surface area contributed by atoms with E-state index in [-0.39, 0.29) is 18.4 Å². The average Bonchev–Trinajstić information content (AvgIpc) is 3.03. The SMILES string of the molecule is COc1ccc2c(c1)CCCN2C(=O)CN1C(=O)NC2(CCCc3ccccc32)C1=O. The molecule has 2 aliphatic heterocycles. The first-order valence-corrected chi connectivity index (χ1v) is 10.7. The lowest BCUT2D eigenvalue weighted by Gasteiger charge is -2.33. The number of amides is 4. The van der Waals surface area contributed by atoms with Crippen molar-refractivity contribution in [3.63, 3.8) is 0 Å². The molecule has 2 aromatic rings. The maximum absolute atomic E-state index is 13.5. The van der Waals surface area contributed by atoms with Gasteiger partial charge in [0.1, 0.15) is 17.8 Å². The second kappa shape index (κ2) is 7.41. The highest BCUT2D eigenvalue weighted by Gasteiger charge is 2.54. The molecule has 7 heteroatoms. The summed E-state index contributed by atoms with van der Waals surface area (Å²) in [6.45, 7) is 0.301. The smallest absolute Gasteiger partial charge is 0.325 e. The summed E-state index contributed by atoms with van der Waals surface area (Å²) in [4.78, 5) is 42.2. The van der Waals surface area contributed by atoms with Crippen molar-refractivity contribution in [3.8, 4) is 5.75 Å². The molecule has 0 radical (unpaired) electrons. The van der Waals surface area contributed by atoms with Gasteiger partial charge in [0, 0.05) is 12.2 Å². The average molecular weight is 419 g/mol. The molecule has 1 fully saturated rings. The van der Waals surface area contributed by atoms with E-state index in [0.717, 1.165) is 58.7 Å². The molecule has 1 aliphatic carbocycles. The van der Waals surface area contributed by atoms with Crippen LogP contribution < -0.4 is 15.0 Å². The number of benzene rings is 2. The summed E-state index contributed by atoms with van der Waals surface area (Å²) < 4.78 is 5.29. The number of nitrogens with zero attached hydrogens (tertiary/aromatic N) is 2. The molecule has 0 saturated carbocycles. The maximum atomic E-state index is 13.5. The van der Waals surface area contributed by atoms with Gasteiger partial charge in [-0.25, -0.2) is 4.79 Å². The van der Waals surface area contributed by atoms with Gasteiger partial charge < -0.3 is 15.0 Å². The second-order valence-electron chi connectivity index (χ2n) is 8.38. The molecular formula is C24H25N3O4. The molecule has 5 rings (SSSR count). The highest BCUT2D eigenvalue weighted by Crippen LogP contribution is 2.40. The van der Waals surface area contributed by atoms with Gasteiger partial charge in [0.05, 0.1) is 7.11 Å². The zero-order valence-corrected chi connectivity index (χ0v) is 17.5. The largest absolute Gasteiger partial charge is 0.497 e. The van der Waals surface area contributed by atoms with Crippen LogP contribution in [0, 0.1) is 0 Å². The zero-order chi connectivity index (χ0) is 21.6. The number of carbonyl (C=O) groups excluding carboxylic acids is 3. The molecule has 1 N–H and O–H groups in total. The van der Waals surface area contributed by atoms with Crippen LogP contribution >= 0.6 is 0 Å². The Bertz CT molecular complexity index is 1080. The van der Waals surface area contributed by atoms with Crippen LogP contribution in [0.1, 0.15) is 36.0 Å². The highest BCUT2D eigenvalue weighted by atomic mass is 16.5. The topological polar surface area (TPSA) is 79.0 Å². The summed E-state index contributed by atoms with van der Waals surface area (Å²) >= 11 is 0. The summed E-state index contributed by atoms with van der Waals surface area (Å²) in [5.41, 5.74) is 2.73. The minimum Gasteiger partial charge on any atom is -0.497 e. The van der Waals surface area contributed by atoms with Crippen molar-refractivity contribution in [1.29, 1.82) is 0 Å². The number of rotatable bonds is 3. The molecule has 160 valence electrons. The van der Waals surface area contributed by atoms with E-state index in [9.17, 15) is 14.4 Å². The summed E-state index contributed by atoms with van der Waals surface area (Å²) in [5.74, 6) is 0.167. The molecule has 2 aromatic carbocycles. The standard InChI is InChI=1S/C24H25N3O4/c1-31-18-10-11-20-17(14-18)8-5-13-26(20)21(28)15-27-22(29)24(25-23(27)30)12-4-7-16-6-2-3-9-19(16)24/h2-3,6,9-11,14H,4-5,7-8,12-13,15H2,1H3,(H,25,30). The fourth-order valence-electron chi connectivity index (χ4n) is 5.14. The van der Waals surface area contributed by atoms with E-state index in [1.807, 2.05) is 42.5 Å². The Hall–Kier alpha value is -3.35. The first-order chi connectivity index (χ1) is 15.0. The molecule has 4 amide bonds. The Labute approximate surface area is 181 Å². The van der Waals surface area contributed by atoms with E-state index in [4.69, 9.17) is 4.74 Å². The molecule has 1 unspecified atom stereocenters. The quantitative estimate of drug-likeness (QED) is 0.776. The van der Waals surface area contributed by atoms with Gasteiger partial charge in [0.15, 0.2) is 0 Å². The summed E-state index contributed by atoms with van der Waals surface area (Å²) in [6, 6.07) is 12.9. The predicted octanol–water partition coefficient (Wildman–Crippen LogP) is 2.76. The molecule has 1 saturated heterocycles. The summed E-state index contributed by atoms with van der Waals surface area (Å²) in [5, 5.41) is 2.92. The monoisotopic (exact) mass is 419 g/mol. The molecule has 0 aromatic heterocycles. The van der Waals surface area contributed by atoms with Crippen LogP contribution in [0.15, 0.2) is 42.5 Å². The number of carbonyl (C=O) groups is 3. The highest BCUT2D eigenvalue weighted by molar-refractivity contribution is 6.11. The number of urea groups is 1.